The van der Waals surface area contributed by atoms with Gasteiger partial charge in [0.05, 0.1) is 0 Å². The number of ether oxygens (including phenoxy) is 1. The van der Waals surface area contributed by atoms with Crippen LogP contribution in [-0.2, 0) is 19.1 Å². The van der Waals surface area contributed by atoms with Crippen molar-refractivity contribution in [3.8, 4) is 0 Å². The minimum atomic E-state index is -0.188. The Hall–Kier alpha value is -1.45. The van der Waals surface area contributed by atoms with E-state index >= 15 is 0 Å². The molecule has 0 aliphatic heterocycles. The smallest absolute Gasteiger partial charge is 0.302 e. The zero-order valence-corrected chi connectivity index (χ0v) is 17.8. The Bertz CT molecular complexity index is 737. The molecule has 4 aliphatic carbocycles. The normalized spacial score (nSPS) is 45.2. The summed E-state index contributed by atoms with van der Waals surface area (Å²) >= 11 is 0. The fourth-order valence-corrected chi connectivity index (χ4v) is 7.53. The van der Waals surface area contributed by atoms with E-state index in [-0.39, 0.29) is 40.4 Å². The van der Waals surface area contributed by atoms with Crippen molar-refractivity contribution in [3.63, 3.8) is 0 Å². The Balaban J connectivity index is 1.63. The van der Waals surface area contributed by atoms with Crippen LogP contribution in [0.25, 0.3) is 0 Å². The first-order valence-corrected chi connectivity index (χ1v) is 11.0. The summed E-state index contributed by atoms with van der Waals surface area (Å²) in [5, 5.41) is 0. The number of allylic oxidation sites excluding steroid dienone is 1. The van der Waals surface area contributed by atoms with Crippen LogP contribution in [0.15, 0.2) is 11.6 Å². The maximum Gasteiger partial charge on any atom is 0.302 e. The zero-order chi connectivity index (χ0) is 20.3. The van der Waals surface area contributed by atoms with Crippen LogP contribution < -0.4 is 0 Å². The molecule has 0 heterocycles. The predicted octanol–water partition coefficient (Wildman–Crippen LogP) is 4.66. The summed E-state index contributed by atoms with van der Waals surface area (Å²) in [4.78, 5) is 36.3. The van der Waals surface area contributed by atoms with Gasteiger partial charge in [-0.3, -0.25) is 14.4 Å². The molecule has 0 spiro atoms. The van der Waals surface area contributed by atoms with Crippen LogP contribution in [0.2, 0.25) is 0 Å². The highest BCUT2D eigenvalue weighted by Gasteiger charge is 2.59. The van der Waals surface area contributed by atoms with E-state index in [1.54, 1.807) is 6.92 Å². The van der Waals surface area contributed by atoms with Crippen LogP contribution in [0.3, 0.4) is 0 Å². The number of hydrogen-bond donors (Lipinski definition) is 0. The summed E-state index contributed by atoms with van der Waals surface area (Å²) in [6.45, 7) is 7.85. The molecule has 0 saturated heterocycles. The number of carbonyl (C=O) groups is 3. The largest absolute Gasteiger partial charge is 0.462 e. The van der Waals surface area contributed by atoms with E-state index in [1.807, 2.05) is 0 Å². The fourth-order valence-electron chi connectivity index (χ4n) is 7.53. The van der Waals surface area contributed by atoms with E-state index in [1.165, 1.54) is 12.5 Å². The van der Waals surface area contributed by atoms with E-state index in [9.17, 15) is 14.4 Å². The van der Waals surface area contributed by atoms with E-state index in [4.69, 9.17) is 4.74 Å². The zero-order valence-electron chi connectivity index (χ0n) is 17.8. The van der Waals surface area contributed by atoms with E-state index in [0.29, 0.717) is 30.6 Å². The highest BCUT2D eigenvalue weighted by Crippen LogP contribution is 2.64. The summed E-state index contributed by atoms with van der Waals surface area (Å²) in [7, 11) is 0. The Labute approximate surface area is 168 Å². The second-order valence-corrected chi connectivity index (χ2v) is 10.4. The van der Waals surface area contributed by atoms with Gasteiger partial charge in [-0.25, -0.2) is 0 Å². The van der Waals surface area contributed by atoms with Crippen molar-refractivity contribution < 1.29 is 19.1 Å². The van der Waals surface area contributed by atoms with Crippen molar-refractivity contribution in [2.24, 2.45) is 34.5 Å². The van der Waals surface area contributed by atoms with E-state index in [0.717, 1.165) is 38.5 Å². The lowest BCUT2D eigenvalue weighted by molar-refractivity contribution is -0.153. The Kier molecular flexibility index (Phi) is 4.83. The molecular formula is C24H34O4. The predicted molar refractivity (Wildman–Crippen MR) is 106 cm³/mol. The molecule has 7 unspecified atom stereocenters. The Morgan fingerprint density at radius 2 is 1.79 bits per heavy atom. The number of esters is 1. The summed E-state index contributed by atoms with van der Waals surface area (Å²) < 4.78 is 5.52. The van der Waals surface area contributed by atoms with Crippen LogP contribution in [-0.4, -0.2) is 23.6 Å². The van der Waals surface area contributed by atoms with Gasteiger partial charge in [0.25, 0.3) is 0 Å². The van der Waals surface area contributed by atoms with E-state index < -0.39 is 0 Å². The maximum absolute atomic E-state index is 12.5. The van der Waals surface area contributed by atoms with Gasteiger partial charge in [0.15, 0.2) is 0 Å². The molecule has 4 rings (SSSR count). The van der Waals surface area contributed by atoms with Crippen molar-refractivity contribution in [2.45, 2.75) is 85.2 Å². The molecule has 0 N–H and O–H groups in total. The van der Waals surface area contributed by atoms with Gasteiger partial charge < -0.3 is 4.74 Å². The molecule has 3 saturated carbocycles. The van der Waals surface area contributed by atoms with Crippen LogP contribution in [0.5, 0.6) is 0 Å². The number of carbonyl (C=O) groups excluding carboxylic acids is 3. The van der Waals surface area contributed by atoms with Gasteiger partial charge in [0.2, 0.25) is 0 Å². The number of hydrogen-bond acceptors (Lipinski definition) is 4. The van der Waals surface area contributed by atoms with E-state index in [2.05, 4.69) is 19.9 Å². The molecule has 4 aliphatic rings. The molecule has 28 heavy (non-hydrogen) atoms. The lowest BCUT2D eigenvalue weighted by Crippen LogP contribution is -2.56. The molecule has 0 aromatic heterocycles. The number of Topliss-reactive ketones (excluding diaryl/α,β-unsaturated/α-hetero) is 2. The molecule has 0 aromatic rings. The quantitative estimate of drug-likeness (QED) is 0.512. The van der Waals surface area contributed by atoms with Gasteiger partial charge in [-0.15, -0.1) is 0 Å². The third-order valence-electron chi connectivity index (χ3n) is 9.00. The standard InChI is InChI=1S/C24H34O4/c1-14(25)21-12-17(27)13-22-19-6-5-16-11-18(28-15(2)26)7-9-23(16,3)20(19)8-10-24(21,22)4/h5,18-22H,6-13H2,1-4H3. The highest BCUT2D eigenvalue weighted by molar-refractivity contribution is 5.89. The SMILES string of the molecule is CC(=O)OC1CCC2(C)C(=CCC3C2CCC2(C)C(C(C)=O)CC(=O)CC32)C1. The van der Waals surface area contributed by atoms with Crippen LogP contribution in [0.4, 0.5) is 0 Å². The lowest BCUT2D eigenvalue weighted by atomic mass is 9.43. The van der Waals surface area contributed by atoms with Crippen molar-refractivity contribution in [2.75, 3.05) is 0 Å². The second kappa shape index (κ2) is 6.81. The molecule has 4 heteroatoms. The molecule has 0 amide bonds. The van der Waals surface area contributed by atoms with Crippen molar-refractivity contribution in [3.05, 3.63) is 11.6 Å². The van der Waals surface area contributed by atoms with Crippen LogP contribution in [0, 0.1) is 34.5 Å². The number of ketones is 2. The third-order valence-corrected chi connectivity index (χ3v) is 9.00. The second-order valence-electron chi connectivity index (χ2n) is 10.4. The van der Waals surface area contributed by atoms with Crippen LogP contribution in [0.1, 0.15) is 79.1 Å². The van der Waals surface area contributed by atoms with Gasteiger partial charge in [-0.2, -0.15) is 0 Å². The number of rotatable bonds is 2. The van der Waals surface area contributed by atoms with Crippen molar-refractivity contribution in [1.29, 1.82) is 0 Å². The molecule has 7 atom stereocenters. The Morgan fingerprint density at radius 1 is 1.04 bits per heavy atom. The molecule has 0 aromatic carbocycles. The molecule has 0 radical (unpaired) electrons. The van der Waals surface area contributed by atoms with Gasteiger partial charge >= 0.3 is 5.97 Å². The van der Waals surface area contributed by atoms with Crippen LogP contribution >= 0.6 is 0 Å². The monoisotopic (exact) mass is 386 g/mol. The first kappa shape index (κ1) is 19.8. The summed E-state index contributed by atoms with van der Waals surface area (Å²) in [6, 6.07) is 0. The average molecular weight is 387 g/mol. The van der Waals surface area contributed by atoms with Gasteiger partial charge in [-0.1, -0.05) is 25.5 Å². The minimum Gasteiger partial charge on any atom is -0.462 e. The average Bonchev–Trinajstić information content (AvgIpc) is 2.61. The van der Waals surface area contributed by atoms with Gasteiger partial charge in [0.1, 0.15) is 17.7 Å². The molecule has 4 nitrogen and oxygen atoms in total. The third kappa shape index (κ3) is 2.98. The maximum atomic E-state index is 12.5. The van der Waals surface area contributed by atoms with Gasteiger partial charge in [-0.05, 0) is 67.6 Å². The molecular weight excluding hydrogens is 352 g/mol. The summed E-state index contributed by atoms with van der Waals surface area (Å²) in [5.74, 6) is 1.57. The number of fused-ring (bicyclic) bond motifs is 5. The minimum absolute atomic E-state index is 0.0144. The first-order chi connectivity index (χ1) is 13.1. The van der Waals surface area contributed by atoms with Crippen molar-refractivity contribution >= 4 is 17.5 Å². The first-order valence-electron chi connectivity index (χ1n) is 11.0. The summed E-state index contributed by atoms with van der Waals surface area (Å²) in [6.07, 6.45) is 9.52. The Morgan fingerprint density at radius 3 is 2.46 bits per heavy atom. The summed E-state index contributed by atoms with van der Waals surface area (Å²) in [5.41, 5.74) is 1.57. The van der Waals surface area contributed by atoms with Crippen molar-refractivity contribution in [1.82, 2.24) is 0 Å². The molecule has 3 fully saturated rings. The fraction of sp³-hybridized carbons (Fsp3) is 0.792. The lowest BCUT2D eigenvalue weighted by Gasteiger charge is -2.61. The van der Waals surface area contributed by atoms with Gasteiger partial charge in [0, 0.05) is 32.1 Å². The molecule has 154 valence electrons. The topological polar surface area (TPSA) is 60.4 Å². The highest BCUT2D eigenvalue weighted by atomic mass is 16.5. The molecule has 0 bridgehead atoms.